The quantitative estimate of drug-likeness (QED) is 0.615. The molecule has 8 nitrogen and oxygen atoms in total. The van der Waals surface area contributed by atoms with Crippen LogP contribution in [0.3, 0.4) is 0 Å². The minimum atomic E-state index is -0.390. The van der Waals surface area contributed by atoms with Crippen LogP contribution in [0.15, 0.2) is 48.7 Å². The number of rotatable bonds is 8. The molecular formula is C20H22N4O4. The first kappa shape index (κ1) is 19.2. The molecule has 0 aliphatic carbocycles. The highest BCUT2D eigenvalue weighted by Gasteiger charge is 2.12. The lowest BCUT2D eigenvalue weighted by Crippen LogP contribution is -2.37. The highest BCUT2D eigenvalue weighted by atomic mass is 16.5. The number of carbonyl (C=O) groups excluding carboxylic acids is 2. The molecule has 2 amide bonds. The van der Waals surface area contributed by atoms with Crippen molar-refractivity contribution in [3.8, 4) is 11.5 Å². The van der Waals surface area contributed by atoms with Gasteiger partial charge in [0.05, 0.1) is 26.3 Å². The second-order valence-corrected chi connectivity index (χ2v) is 6.07. The zero-order chi connectivity index (χ0) is 19.9. The molecule has 3 rings (SSSR count). The van der Waals surface area contributed by atoms with Crippen LogP contribution in [-0.2, 0) is 11.2 Å². The maximum Gasteiger partial charge on any atom is 0.272 e. The van der Waals surface area contributed by atoms with Gasteiger partial charge in [-0.1, -0.05) is 12.1 Å². The van der Waals surface area contributed by atoms with E-state index in [4.69, 9.17) is 9.47 Å². The molecular weight excluding hydrogens is 360 g/mol. The average Bonchev–Trinajstić information content (AvgIpc) is 3.16. The van der Waals surface area contributed by atoms with Gasteiger partial charge in [-0.25, -0.2) is 4.52 Å². The molecule has 0 bridgehead atoms. The van der Waals surface area contributed by atoms with E-state index >= 15 is 0 Å². The number of fused-ring (bicyclic) bond motifs is 1. The minimum absolute atomic E-state index is 0.112. The third kappa shape index (κ3) is 4.59. The second kappa shape index (κ2) is 8.90. The highest BCUT2D eigenvalue weighted by Crippen LogP contribution is 2.27. The highest BCUT2D eigenvalue weighted by molar-refractivity contribution is 5.95. The number of nitrogens with zero attached hydrogens (tertiary/aromatic N) is 2. The predicted octanol–water partition coefficient (Wildman–Crippen LogP) is 1.44. The monoisotopic (exact) mass is 382 g/mol. The molecule has 2 heterocycles. The first-order chi connectivity index (χ1) is 13.6. The first-order valence-electron chi connectivity index (χ1n) is 8.81. The van der Waals surface area contributed by atoms with Crippen LogP contribution in [0.1, 0.15) is 16.1 Å². The lowest BCUT2D eigenvalue weighted by Gasteiger charge is -2.10. The maximum absolute atomic E-state index is 12.2. The molecule has 0 fully saturated rings. The Kier molecular flexibility index (Phi) is 6.11. The van der Waals surface area contributed by atoms with Crippen molar-refractivity contribution in [2.24, 2.45) is 0 Å². The van der Waals surface area contributed by atoms with Crippen LogP contribution in [0, 0.1) is 0 Å². The molecule has 8 heteroatoms. The summed E-state index contributed by atoms with van der Waals surface area (Å²) in [4.78, 5) is 24.1. The largest absolute Gasteiger partial charge is 0.493 e. The fourth-order valence-electron chi connectivity index (χ4n) is 2.75. The molecule has 0 aliphatic heterocycles. The van der Waals surface area contributed by atoms with E-state index < -0.39 is 5.91 Å². The molecule has 146 valence electrons. The van der Waals surface area contributed by atoms with Gasteiger partial charge in [0.25, 0.3) is 5.91 Å². The fourth-order valence-corrected chi connectivity index (χ4v) is 2.75. The first-order valence-corrected chi connectivity index (χ1v) is 8.81. The van der Waals surface area contributed by atoms with Crippen LogP contribution in [0.2, 0.25) is 0 Å². The van der Waals surface area contributed by atoms with Gasteiger partial charge in [-0.05, 0) is 42.3 Å². The molecule has 2 N–H and O–H groups in total. The lowest BCUT2D eigenvalue weighted by molar-refractivity contribution is -0.120. The molecule has 0 saturated carbocycles. The van der Waals surface area contributed by atoms with Gasteiger partial charge in [-0.2, -0.15) is 5.10 Å². The summed E-state index contributed by atoms with van der Waals surface area (Å²) in [6, 6.07) is 12.8. The van der Waals surface area contributed by atoms with Crippen LogP contribution >= 0.6 is 0 Å². The third-order valence-electron chi connectivity index (χ3n) is 4.20. The molecule has 0 saturated heterocycles. The number of ether oxygens (including phenoxy) is 2. The topological polar surface area (TPSA) is 94.0 Å². The summed E-state index contributed by atoms with van der Waals surface area (Å²) in [6.45, 7) is 0.331. The van der Waals surface area contributed by atoms with Crippen molar-refractivity contribution in [3.05, 3.63) is 59.9 Å². The van der Waals surface area contributed by atoms with Gasteiger partial charge in [-0.15, -0.1) is 0 Å². The Labute approximate surface area is 162 Å². The molecule has 28 heavy (non-hydrogen) atoms. The van der Waals surface area contributed by atoms with E-state index in [1.54, 1.807) is 31.0 Å². The summed E-state index contributed by atoms with van der Waals surface area (Å²) in [5.74, 6) is 0.646. The standard InChI is InChI=1S/C20H22N4O4/c1-27-17-7-6-14(11-18(17)28-2)8-9-21-19(25)13-22-20(26)16-12-15-5-3-4-10-24(15)23-16/h3-7,10-12H,8-9,13H2,1-2H3,(H,21,25)(H,22,26). The van der Waals surface area contributed by atoms with Gasteiger partial charge >= 0.3 is 0 Å². The molecule has 0 radical (unpaired) electrons. The van der Waals surface area contributed by atoms with Crippen LogP contribution in [0.5, 0.6) is 11.5 Å². The lowest BCUT2D eigenvalue weighted by atomic mass is 10.1. The van der Waals surface area contributed by atoms with Gasteiger partial charge in [-0.3, -0.25) is 9.59 Å². The summed E-state index contributed by atoms with van der Waals surface area (Å²) in [7, 11) is 3.16. The van der Waals surface area contributed by atoms with Crippen molar-refractivity contribution in [3.63, 3.8) is 0 Å². The van der Waals surface area contributed by atoms with Crippen LogP contribution < -0.4 is 20.1 Å². The van der Waals surface area contributed by atoms with Crippen LogP contribution in [0.4, 0.5) is 0 Å². The SMILES string of the molecule is COc1ccc(CCNC(=O)CNC(=O)c2cc3ccccn3n2)cc1OC. The Morgan fingerprint density at radius 3 is 2.61 bits per heavy atom. The van der Waals surface area contributed by atoms with Gasteiger partial charge in [0, 0.05) is 12.7 Å². The van der Waals surface area contributed by atoms with Gasteiger partial charge in [0.2, 0.25) is 5.91 Å². The Morgan fingerprint density at radius 2 is 1.86 bits per heavy atom. The van der Waals surface area contributed by atoms with Gasteiger partial charge < -0.3 is 20.1 Å². The summed E-state index contributed by atoms with van der Waals surface area (Å²) >= 11 is 0. The summed E-state index contributed by atoms with van der Waals surface area (Å²) < 4.78 is 12.1. The number of methoxy groups -OCH3 is 2. The molecule has 2 aromatic heterocycles. The van der Waals surface area contributed by atoms with Crippen molar-refractivity contribution in [2.45, 2.75) is 6.42 Å². The van der Waals surface area contributed by atoms with Crippen molar-refractivity contribution in [2.75, 3.05) is 27.3 Å². The van der Waals surface area contributed by atoms with E-state index in [-0.39, 0.29) is 18.1 Å². The zero-order valence-electron chi connectivity index (χ0n) is 15.8. The number of carbonyl (C=O) groups is 2. The second-order valence-electron chi connectivity index (χ2n) is 6.07. The van der Waals surface area contributed by atoms with Crippen molar-refractivity contribution in [1.82, 2.24) is 20.2 Å². The molecule has 0 atom stereocenters. The summed E-state index contributed by atoms with van der Waals surface area (Å²) in [5.41, 5.74) is 2.09. The molecule has 0 spiro atoms. The normalized spacial score (nSPS) is 10.5. The molecule has 1 aromatic carbocycles. The number of pyridine rings is 1. The van der Waals surface area contributed by atoms with E-state index in [0.29, 0.717) is 24.5 Å². The third-order valence-corrected chi connectivity index (χ3v) is 4.20. The fraction of sp³-hybridized carbons (Fsp3) is 0.250. The van der Waals surface area contributed by atoms with Gasteiger partial charge in [0.15, 0.2) is 17.2 Å². The maximum atomic E-state index is 12.2. The van der Waals surface area contributed by atoms with Crippen LogP contribution in [-0.4, -0.2) is 48.7 Å². The van der Waals surface area contributed by atoms with E-state index in [2.05, 4.69) is 15.7 Å². The molecule has 0 aliphatic rings. The van der Waals surface area contributed by atoms with E-state index in [1.807, 2.05) is 36.4 Å². The summed E-state index contributed by atoms with van der Waals surface area (Å²) in [6.07, 6.45) is 2.39. The predicted molar refractivity (Wildman–Crippen MR) is 104 cm³/mol. The number of benzene rings is 1. The van der Waals surface area contributed by atoms with Crippen molar-refractivity contribution in [1.29, 1.82) is 0 Å². The van der Waals surface area contributed by atoms with Crippen molar-refractivity contribution >= 4 is 17.3 Å². The number of hydrogen-bond acceptors (Lipinski definition) is 5. The zero-order valence-corrected chi connectivity index (χ0v) is 15.8. The number of amides is 2. The van der Waals surface area contributed by atoms with E-state index in [1.165, 1.54) is 0 Å². The molecule has 0 unspecified atom stereocenters. The Morgan fingerprint density at radius 1 is 1.04 bits per heavy atom. The van der Waals surface area contributed by atoms with Gasteiger partial charge in [0.1, 0.15) is 0 Å². The Balaban J connectivity index is 1.45. The smallest absolute Gasteiger partial charge is 0.272 e. The summed E-state index contributed by atoms with van der Waals surface area (Å²) in [5, 5.41) is 9.53. The number of hydrogen-bond donors (Lipinski definition) is 2. The van der Waals surface area contributed by atoms with Crippen LogP contribution in [0.25, 0.3) is 5.52 Å². The Hall–Kier alpha value is -3.55. The molecule has 3 aromatic rings. The Bertz CT molecular complexity index is 950. The van der Waals surface area contributed by atoms with E-state index in [0.717, 1.165) is 11.1 Å². The minimum Gasteiger partial charge on any atom is -0.493 e. The van der Waals surface area contributed by atoms with E-state index in [9.17, 15) is 9.59 Å². The average molecular weight is 382 g/mol. The number of nitrogens with one attached hydrogen (secondary N) is 2. The van der Waals surface area contributed by atoms with Crippen molar-refractivity contribution < 1.29 is 19.1 Å². The number of aromatic nitrogens is 2.